The number of hydrogen-bond donors (Lipinski definition) is 1. The van der Waals surface area contributed by atoms with Gasteiger partial charge in [-0.05, 0) is 54.4 Å². The van der Waals surface area contributed by atoms with E-state index in [1.165, 1.54) is 31.0 Å². The second-order valence-electron chi connectivity index (χ2n) is 6.25. The lowest BCUT2D eigenvalue weighted by molar-refractivity contribution is -0.115. The van der Waals surface area contributed by atoms with E-state index in [9.17, 15) is 4.79 Å². The molecule has 5 heteroatoms. The fraction of sp³-hybridized carbons (Fsp3) is 0.316. The molecule has 1 amide bonds. The number of rotatable bonds is 2. The van der Waals surface area contributed by atoms with Crippen LogP contribution >= 0.6 is 11.8 Å². The van der Waals surface area contributed by atoms with E-state index in [2.05, 4.69) is 16.4 Å². The van der Waals surface area contributed by atoms with Gasteiger partial charge >= 0.3 is 0 Å². The van der Waals surface area contributed by atoms with Crippen molar-refractivity contribution in [3.63, 3.8) is 0 Å². The van der Waals surface area contributed by atoms with Gasteiger partial charge in [-0.1, -0.05) is 31.4 Å². The summed E-state index contributed by atoms with van der Waals surface area (Å²) in [5.41, 5.74) is 1.97. The first-order valence-electron chi connectivity index (χ1n) is 8.41. The summed E-state index contributed by atoms with van der Waals surface area (Å²) in [4.78, 5) is 21.9. The summed E-state index contributed by atoms with van der Waals surface area (Å²) in [6, 6.07) is 10.3. The maximum absolute atomic E-state index is 12.2. The molecule has 2 aliphatic rings. The Kier molecular flexibility index (Phi) is 4.34. The van der Waals surface area contributed by atoms with Gasteiger partial charge in [0, 0.05) is 11.6 Å². The first-order chi connectivity index (χ1) is 11.8. The fourth-order valence-electron chi connectivity index (χ4n) is 3.20. The lowest BCUT2D eigenvalue weighted by Crippen LogP contribution is -2.22. The third-order valence-corrected chi connectivity index (χ3v) is 5.37. The number of thioether (sulfide) groups is 1. The molecule has 1 aliphatic heterocycles. The van der Waals surface area contributed by atoms with Gasteiger partial charge in [0.15, 0.2) is 5.17 Å². The van der Waals surface area contributed by atoms with Crippen LogP contribution < -0.4 is 5.32 Å². The third kappa shape index (κ3) is 3.36. The number of carbonyl (C=O) groups excluding carboxylic acids is 1. The number of pyridine rings is 1. The Bertz CT molecular complexity index is 837. The fourth-order valence-corrected chi connectivity index (χ4v) is 4.09. The van der Waals surface area contributed by atoms with E-state index >= 15 is 0 Å². The molecule has 122 valence electrons. The molecule has 1 N–H and O–H groups in total. The van der Waals surface area contributed by atoms with Crippen LogP contribution in [0.4, 0.5) is 0 Å². The molecule has 0 radical (unpaired) electrons. The third-order valence-electron chi connectivity index (χ3n) is 4.45. The van der Waals surface area contributed by atoms with Crippen LogP contribution in [-0.2, 0) is 4.79 Å². The predicted molar refractivity (Wildman–Crippen MR) is 99.8 cm³/mol. The summed E-state index contributed by atoms with van der Waals surface area (Å²) in [5.74, 6) is -0.0548. The van der Waals surface area contributed by atoms with Gasteiger partial charge in [-0.2, -0.15) is 0 Å². The van der Waals surface area contributed by atoms with Crippen molar-refractivity contribution in [3.05, 3.63) is 47.0 Å². The van der Waals surface area contributed by atoms with Crippen molar-refractivity contribution in [1.82, 2.24) is 10.3 Å². The first kappa shape index (κ1) is 15.4. The molecule has 4 nitrogen and oxygen atoms in total. The molecule has 1 saturated carbocycles. The Morgan fingerprint density at radius 1 is 1.21 bits per heavy atom. The Morgan fingerprint density at radius 2 is 2.08 bits per heavy atom. The second kappa shape index (κ2) is 6.77. The number of benzene rings is 1. The van der Waals surface area contributed by atoms with Crippen LogP contribution in [0.25, 0.3) is 17.0 Å². The smallest absolute Gasteiger partial charge is 0.264 e. The largest absolute Gasteiger partial charge is 0.301 e. The molecule has 0 atom stereocenters. The lowest BCUT2D eigenvalue weighted by atomic mass is 9.96. The molecule has 1 aliphatic carbocycles. The molecular weight excluding hydrogens is 318 g/mol. The number of carbonyl (C=O) groups is 1. The number of nitrogens with zero attached hydrogens (tertiary/aromatic N) is 2. The van der Waals surface area contributed by atoms with Crippen LogP contribution in [0.3, 0.4) is 0 Å². The summed E-state index contributed by atoms with van der Waals surface area (Å²) in [6.07, 6.45) is 9.78. The number of aliphatic imine (C=N–C) groups is 1. The van der Waals surface area contributed by atoms with Crippen LogP contribution in [0.5, 0.6) is 0 Å². The molecule has 2 fully saturated rings. The highest BCUT2D eigenvalue weighted by atomic mass is 32.2. The van der Waals surface area contributed by atoms with Crippen molar-refractivity contribution in [2.24, 2.45) is 4.99 Å². The van der Waals surface area contributed by atoms with E-state index in [4.69, 9.17) is 4.99 Å². The number of aromatic nitrogens is 1. The topological polar surface area (TPSA) is 54.4 Å². The van der Waals surface area contributed by atoms with Crippen molar-refractivity contribution in [1.29, 1.82) is 0 Å². The van der Waals surface area contributed by atoms with Crippen molar-refractivity contribution in [3.8, 4) is 0 Å². The van der Waals surface area contributed by atoms with E-state index in [0.29, 0.717) is 10.9 Å². The van der Waals surface area contributed by atoms with Crippen LogP contribution in [0.2, 0.25) is 0 Å². The van der Waals surface area contributed by atoms with Crippen LogP contribution in [0.15, 0.2) is 46.4 Å². The van der Waals surface area contributed by atoms with Gasteiger partial charge < -0.3 is 5.32 Å². The lowest BCUT2D eigenvalue weighted by Gasteiger charge is -2.17. The van der Waals surface area contributed by atoms with E-state index in [0.717, 1.165) is 34.5 Å². The van der Waals surface area contributed by atoms with Crippen molar-refractivity contribution in [2.45, 2.75) is 38.1 Å². The number of amidine groups is 1. The summed E-state index contributed by atoms with van der Waals surface area (Å²) >= 11 is 1.45. The van der Waals surface area contributed by atoms with Gasteiger partial charge in [0.25, 0.3) is 5.91 Å². The molecule has 1 aromatic heterocycles. The number of fused-ring (bicyclic) bond motifs is 1. The zero-order valence-corrected chi connectivity index (χ0v) is 14.2. The molecule has 0 spiro atoms. The maximum Gasteiger partial charge on any atom is 0.264 e. The van der Waals surface area contributed by atoms with Crippen LogP contribution in [-0.4, -0.2) is 22.1 Å². The quantitative estimate of drug-likeness (QED) is 0.839. The minimum atomic E-state index is -0.0548. The predicted octanol–water partition coefficient (Wildman–Crippen LogP) is 4.13. The average molecular weight is 337 g/mol. The van der Waals surface area contributed by atoms with Crippen LogP contribution in [0, 0.1) is 0 Å². The molecule has 0 bridgehead atoms. The Balaban J connectivity index is 1.55. The van der Waals surface area contributed by atoms with E-state index < -0.39 is 0 Å². The van der Waals surface area contributed by atoms with E-state index in [1.54, 1.807) is 6.20 Å². The Morgan fingerprint density at radius 3 is 2.96 bits per heavy atom. The van der Waals surface area contributed by atoms with Crippen molar-refractivity contribution >= 4 is 39.8 Å². The average Bonchev–Trinajstić information content (AvgIpc) is 2.95. The monoisotopic (exact) mass is 337 g/mol. The molecule has 2 aromatic rings. The van der Waals surface area contributed by atoms with Gasteiger partial charge in [0.2, 0.25) is 0 Å². The van der Waals surface area contributed by atoms with E-state index in [1.807, 2.05) is 30.3 Å². The second-order valence-corrected chi connectivity index (χ2v) is 7.28. The molecule has 1 aromatic carbocycles. The highest BCUT2D eigenvalue weighted by Gasteiger charge is 2.25. The first-order valence-corrected chi connectivity index (χ1v) is 9.23. The number of hydrogen-bond acceptors (Lipinski definition) is 4. The number of nitrogens with one attached hydrogen (secondary N) is 1. The summed E-state index contributed by atoms with van der Waals surface area (Å²) in [5, 5.41) is 4.73. The van der Waals surface area contributed by atoms with Crippen molar-refractivity contribution < 1.29 is 4.79 Å². The molecular formula is C19H19N3OS. The summed E-state index contributed by atoms with van der Waals surface area (Å²) in [6.45, 7) is 0. The normalized spacial score (nSPS) is 22.4. The van der Waals surface area contributed by atoms with Gasteiger partial charge in [-0.15, -0.1) is 0 Å². The van der Waals surface area contributed by atoms with E-state index in [-0.39, 0.29) is 5.91 Å². The van der Waals surface area contributed by atoms with Gasteiger partial charge in [0.05, 0.1) is 16.5 Å². The van der Waals surface area contributed by atoms with Gasteiger partial charge in [-0.3, -0.25) is 14.8 Å². The number of amides is 1. The molecule has 1 saturated heterocycles. The van der Waals surface area contributed by atoms with Gasteiger partial charge in [-0.25, -0.2) is 0 Å². The molecule has 2 heterocycles. The maximum atomic E-state index is 12.2. The molecule has 24 heavy (non-hydrogen) atoms. The highest BCUT2D eigenvalue weighted by Crippen LogP contribution is 2.29. The van der Waals surface area contributed by atoms with Crippen molar-refractivity contribution in [2.75, 3.05) is 0 Å². The SMILES string of the molecule is O=C1NC(=NC2CCCCC2)S/C1=C/c1ccc2ncccc2c1. The Labute approximate surface area is 145 Å². The zero-order chi connectivity index (χ0) is 16.4. The minimum Gasteiger partial charge on any atom is -0.301 e. The standard InChI is InChI=1S/C19H19N3OS/c23-18-17(24-19(22-18)21-15-6-2-1-3-7-15)12-13-8-9-16-14(11-13)5-4-10-20-16/h4-5,8-12,15H,1-3,6-7H2,(H,21,22,23)/b17-12+. The van der Waals surface area contributed by atoms with Gasteiger partial charge in [0.1, 0.15) is 0 Å². The Hall–Kier alpha value is -2.14. The summed E-state index contributed by atoms with van der Waals surface area (Å²) in [7, 11) is 0. The zero-order valence-electron chi connectivity index (χ0n) is 13.4. The van der Waals surface area contributed by atoms with Crippen LogP contribution in [0.1, 0.15) is 37.7 Å². The highest BCUT2D eigenvalue weighted by molar-refractivity contribution is 8.18. The molecule has 4 rings (SSSR count). The minimum absolute atomic E-state index is 0.0548. The summed E-state index contributed by atoms with van der Waals surface area (Å²) < 4.78 is 0. The molecule has 0 unspecified atom stereocenters.